The number of nitrogens with one attached hydrogen (secondary N) is 2. The van der Waals surface area contributed by atoms with Crippen LogP contribution in [0, 0.1) is 5.92 Å². The second kappa shape index (κ2) is 15.9. The maximum Gasteiger partial charge on any atom is 0.408 e. The maximum absolute atomic E-state index is 14.5. The molecular weight excluding hydrogens is 672 g/mol. The Kier molecular flexibility index (Phi) is 11.2. The molecule has 6 rings (SSSR count). The topological polar surface area (TPSA) is 199 Å². The van der Waals surface area contributed by atoms with Gasteiger partial charge in [0.15, 0.2) is 0 Å². The van der Waals surface area contributed by atoms with Gasteiger partial charge in [-0.1, -0.05) is 25.0 Å². The molecule has 5 atom stereocenters. The number of hydrogen-bond acceptors (Lipinski definition) is 10. The lowest BCUT2D eigenvalue weighted by molar-refractivity contribution is -0.148. The molecule has 0 spiro atoms. The van der Waals surface area contributed by atoms with E-state index in [0.717, 1.165) is 51.2 Å². The van der Waals surface area contributed by atoms with Gasteiger partial charge in [-0.2, -0.15) is 4.79 Å². The average Bonchev–Trinajstić information content (AvgIpc) is 3.42. The molecule has 276 valence electrons. The van der Waals surface area contributed by atoms with Gasteiger partial charge >= 0.3 is 18.3 Å². The Morgan fingerprint density at radius 3 is 2.60 bits per heavy atom. The number of rotatable bonds is 8. The van der Waals surface area contributed by atoms with Crippen molar-refractivity contribution < 1.29 is 47.7 Å². The summed E-state index contributed by atoms with van der Waals surface area (Å²) in [5.74, 6) is -1.80. The molecule has 0 radical (unpaired) electrons. The summed E-state index contributed by atoms with van der Waals surface area (Å²) in [5.41, 5.74) is 8.03. The number of allylic oxidation sites excluding steroid dienone is 1. The van der Waals surface area contributed by atoms with E-state index in [4.69, 9.17) is 24.5 Å². The number of carbonyl (C=O) groups is 5. The van der Waals surface area contributed by atoms with Gasteiger partial charge in [0.05, 0.1) is 26.3 Å². The SMILES string of the molecule is COC(=O)[C@@]12C[C@H]1C=CCCCCC[C@H](NC(=O)OC1CCCC1)C(=O)N1C[C@H](Oc3cc(C(=O)C=[N+]=[N-])nc4cc(OC)ccc34)C[C@H]1C(=O)N2. The van der Waals surface area contributed by atoms with Gasteiger partial charge in [0.2, 0.25) is 11.8 Å². The van der Waals surface area contributed by atoms with Gasteiger partial charge in [0.25, 0.3) is 5.78 Å². The van der Waals surface area contributed by atoms with Crippen LogP contribution in [0.3, 0.4) is 0 Å². The van der Waals surface area contributed by atoms with E-state index >= 15 is 0 Å². The zero-order chi connectivity index (χ0) is 36.8. The summed E-state index contributed by atoms with van der Waals surface area (Å²) in [6, 6.07) is 4.42. The number of pyridine rings is 1. The lowest BCUT2D eigenvalue weighted by Crippen LogP contribution is -2.56. The predicted octanol–water partition coefficient (Wildman–Crippen LogP) is 3.68. The molecule has 2 saturated carbocycles. The van der Waals surface area contributed by atoms with E-state index in [1.807, 2.05) is 12.2 Å². The summed E-state index contributed by atoms with van der Waals surface area (Å²) < 4.78 is 22.6. The molecule has 3 amide bonds. The summed E-state index contributed by atoms with van der Waals surface area (Å²) in [4.78, 5) is 76.1. The Hall–Kier alpha value is -5.30. The minimum atomic E-state index is -1.26. The van der Waals surface area contributed by atoms with E-state index < -0.39 is 53.4 Å². The highest BCUT2D eigenvalue weighted by molar-refractivity contribution is 6.33. The first kappa shape index (κ1) is 36.5. The first-order valence-electron chi connectivity index (χ1n) is 17.9. The molecule has 2 aliphatic heterocycles. The van der Waals surface area contributed by atoms with Crippen molar-refractivity contribution in [3.8, 4) is 11.5 Å². The largest absolute Gasteiger partial charge is 0.497 e. The van der Waals surface area contributed by atoms with Gasteiger partial charge in [-0.05, 0) is 63.5 Å². The van der Waals surface area contributed by atoms with Crippen molar-refractivity contribution >= 4 is 46.8 Å². The summed E-state index contributed by atoms with van der Waals surface area (Å²) >= 11 is 0. The summed E-state index contributed by atoms with van der Waals surface area (Å²) in [5, 5.41) is 6.24. The lowest BCUT2D eigenvalue weighted by Gasteiger charge is -2.29. The van der Waals surface area contributed by atoms with Crippen LogP contribution in [0.2, 0.25) is 0 Å². The fourth-order valence-electron chi connectivity index (χ4n) is 7.47. The van der Waals surface area contributed by atoms with E-state index in [2.05, 4.69) is 20.4 Å². The second-order valence-corrected chi connectivity index (χ2v) is 13.8. The zero-order valence-corrected chi connectivity index (χ0v) is 29.4. The highest BCUT2D eigenvalue weighted by Gasteiger charge is 2.62. The van der Waals surface area contributed by atoms with Crippen LogP contribution in [-0.4, -0.2) is 101 Å². The highest BCUT2D eigenvalue weighted by atomic mass is 16.6. The van der Waals surface area contributed by atoms with Crippen LogP contribution in [0.1, 0.15) is 81.1 Å². The molecular formula is C37H44N6O9. The highest BCUT2D eigenvalue weighted by Crippen LogP contribution is 2.46. The fourth-order valence-corrected chi connectivity index (χ4v) is 7.47. The average molecular weight is 717 g/mol. The third kappa shape index (κ3) is 7.94. The lowest BCUT2D eigenvalue weighted by atomic mass is 10.0. The number of Topliss-reactive ketones (excluding diaryl/α,β-unsaturated/α-hetero) is 1. The summed E-state index contributed by atoms with van der Waals surface area (Å²) in [7, 11) is 2.77. The number of aromatic nitrogens is 1. The van der Waals surface area contributed by atoms with Crippen LogP contribution >= 0.6 is 0 Å². The van der Waals surface area contributed by atoms with Crippen molar-refractivity contribution in [1.29, 1.82) is 0 Å². The van der Waals surface area contributed by atoms with E-state index in [0.29, 0.717) is 35.9 Å². The first-order chi connectivity index (χ1) is 25.1. The number of amides is 3. The monoisotopic (exact) mass is 716 g/mol. The van der Waals surface area contributed by atoms with Crippen LogP contribution in [0.5, 0.6) is 11.5 Å². The fraction of sp³-hybridized carbons (Fsp3) is 0.541. The molecule has 1 saturated heterocycles. The third-order valence-electron chi connectivity index (χ3n) is 10.4. The van der Waals surface area contributed by atoms with Gasteiger partial charge in [0.1, 0.15) is 47.0 Å². The minimum Gasteiger partial charge on any atom is -0.497 e. The number of fused-ring (bicyclic) bond motifs is 3. The maximum atomic E-state index is 14.5. The number of benzene rings is 1. The van der Waals surface area contributed by atoms with Crippen LogP contribution in [0.15, 0.2) is 36.4 Å². The normalized spacial score (nSPS) is 26.5. The summed E-state index contributed by atoms with van der Waals surface area (Å²) in [6.07, 6.45) is 10.3. The number of esters is 1. The molecule has 15 nitrogen and oxygen atoms in total. The third-order valence-corrected chi connectivity index (χ3v) is 10.4. The van der Waals surface area contributed by atoms with Crippen molar-refractivity contribution in [3.05, 3.63) is 47.6 Å². The number of nitrogens with zero attached hydrogens (tertiary/aromatic N) is 4. The van der Waals surface area contributed by atoms with Crippen LogP contribution < -0.4 is 20.1 Å². The number of methoxy groups -OCH3 is 2. The second-order valence-electron chi connectivity index (χ2n) is 13.8. The number of alkyl carbamates (subject to hydrolysis) is 1. The molecule has 3 fully saturated rings. The molecule has 2 aromatic rings. The summed E-state index contributed by atoms with van der Waals surface area (Å²) in [6.45, 7) is -0.0390. The van der Waals surface area contributed by atoms with Crippen LogP contribution in [-0.2, 0) is 23.9 Å². The van der Waals surface area contributed by atoms with Gasteiger partial charge in [-0.25, -0.2) is 14.6 Å². The number of ketones is 1. The van der Waals surface area contributed by atoms with E-state index in [9.17, 15) is 24.0 Å². The quantitative estimate of drug-likeness (QED) is 0.101. The van der Waals surface area contributed by atoms with E-state index in [-0.39, 0.29) is 36.4 Å². The molecule has 15 heteroatoms. The smallest absolute Gasteiger partial charge is 0.408 e. The van der Waals surface area contributed by atoms with Gasteiger partial charge < -0.3 is 40.0 Å². The molecule has 2 aliphatic carbocycles. The van der Waals surface area contributed by atoms with Crippen molar-refractivity contribution in [2.45, 2.75) is 100 Å². The van der Waals surface area contributed by atoms with Crippen molar-refractivity contribution in [2.75, 3.05) is 20.8 Å². The molecule has 3 heterocycles. The molecule has 0 bridgehead atoms. The van der Waals surface area contributed by atoms with Crippen molar-refractivity contribution in [2.24, 2.45) is 5.92 Å². The Morgan fingerprint density at radius 1 is 1.06 bits per heavy atom. The Morgan fingerprint density at radius 2 is 1.85 bits per heavy atom. The molecule has 1 aromatic heterocycles. The van der Waals surface area contributed by atoms with Crippen LogP contribution in [0.4, 0.5) is 4.79 Å². The molecule has 4 aliphatic rings. The van der Waals surface area contributed by atoms with Crippen LogP contribution in [0.25, 0.3) is 16.4 Å². The minimum absolute atomic E-state index is 0.0376. The Balaban J connectivity index is 1.32. The Labute approximate surface area is 301 Å². The van der Waals surface area contributed by atoms with Gasteiger partial charge in [-0.15, -0.1) is 0 Å². The standard InChI is InChI=1S/C37H44N6O9/c1-49-24-14-15-26-28(16-24)40-29(31(44)20-39-38)18-32(26)51-25-17-30-33(45)42-37(35(47)50-2)19-22(37)10-6-4-3-5-7-13-27(34(46)43(30)21-25)41-36(48)52-23-11-8-9-12-23/h6,10,14-16,18,20,22-23,25,27,30H,3-5,7-9,11-13,17,19,21H2,1-2H3,(H,41,48)(H,42,45)/t22-,25-,27+,30+,37-/m1/s1. The van der Waals surface area contributed by atoms with Gasteiger partial charge in [-0.3, -0.25) is 14.4 Å². The predicted molar refractivity (Wildman–Crippen MR) is 186 cm³/mol. The molecule has 2 N–H and O–H groups in total. The number of carbonyl (C=O) groups excluding carboxylic acids is 5. The molecule has 1 aromatic carbocycles. The van der Waals surface area contributed by atoms with E-state index in [1.165, 1.54) is 25.2 Å². The van der Waals surface area contributed by atoms with Gasteiger partial charge in [0, 0.05) is 29.9 Å². The van der Waals surface area contributed by atoms with Crippen molar-refractivity contribution in [3.63, 3.8) is 0 Å². The number of hydrogen-bond donors (Lipinski definition) is 2. The van der Waals surface area contributed by atoms with E-state index in [1.54, 1.807) is 18.2 Å². The molecule has 0 unspecified atom stereocenters. The number of ether oxygens (including phenoxy) is 4. The van der Waals surface area contributed by atoms with Crippen molar-refractivity contribution in [1.82, 2.24) is 20.5 Å². The zero-order valence-electron chi connectivity index (χ0n) is 29.4. The Bertz CT molecular complexity index is 1800. The molecule has 52 heavy (non-hydrogen) atoms. The first-order valence-corrected chi connectivity index (χ1v) is 17.9.